The molecule has 0 N–H and O–H groups in total. The van der Waals surface area contributed by atoms with Gasteiger partial charge in [-0.3, -0.25) is 0 Å². The summed E-state index contributed by atoms with van der Waals surface area (Å²) in [5, 5.41) is 0. The predicted molar refractivity (Wildman–Crippen MR) is 60.1 cm³/mol. The summed E-state index contributed by atoms with van der Waals surface area (Å²) in [5.74, 6) is 0.534. The molecule has 1 heteroatoms. The van der Waals surface area contributed by atoms with Crippen molar-refractivity contribution in [3.05, 3.63) is 35.9 Å². The van der Waals surface area contributed by atoms with E-state index in [9.17, 15) is 0 Å². The molecule has 1 aromatic rings. The molecule has 0 aliphatic heterocycles. The van der Waals surface area contributed by atoms with E-state index >= 15 is 0 Å². The zero-order valence-electron chi connectivity index (χ0n) is 9.58. The van der Waals surface area contributed by atoms with E-state index in [1.807, 2.05) is 18.2 Å². The van der Waals surface area contributed by atoms with Crippen molar-refractivity contribution in [1.82, 2.24) is 0 Å². The molecular weight excluding hydrogens is 172 g/mol. The van der Waals surface area contributed by atoms with Crippen LogP contribution in [-0.2, 0) is 11.3 Å². The van der Waals surface area contributed by atoms with E-state index in [1.165, 1.54) is 5.56 Å². The van der Waals surface area contributed by atoms with E-state index in [0.29, 0.717) is 12.5 Å². The second-order valence-corrected chi connectivity index (χ2v) is 4.53. The zero-order valence-corrected chi connectivity index (χ0v) is 9.58. The summed E-state index contributed by atoms with van der Waals surface area (Å²) in [4.78, 5) is 0. The van der Waals surface area contributed by atoms with Crippen molar-refractivity contribution < 1.29 is 4.74 Å². The fourth-order valence-electron chi connectivity index (χ4n) is 1.01. The van der Waals surface area contributed by atoms with Crippen LogP contribution in [0, 0.1) is 5.92 Å². The Kier molecular flexibility index (Phi) is 3.70. The lowest BCUT2D eigenvalue weighted by Crippen LogP contribution is -2.30. The molecule has 0 spiro atoms. The Morgan fingerprint density at radius 1 is 1.14 bits per heavy atom. The van der Waals surface area contributed by atoms with Crippen LogP contribution in [0.25, 0.3) is 0 Å². The van der Waals surface area contributed by atoms with Crippen LogP contribution in [0.5, 0.6) is 0 Å². The summed E-state index contributed by atoms with van der Waals surface area (Å²) in [5.41, 5.74) is 1.19. The van der Waals surface area contributed by atoms with Crippen molar-refractivity contribution in [1.29, 1.82) is 0 Å². The van der Waals surface area contributed by atoms with Gasteiger partial charge in [-0.15, -0.1) is 0 Å². The van der Waals surface area contributed by atoms with Crippen LogP contribution in [0.2, 0.25) is 0 Å². The van der Waals surface area contributed by atoms with Gasteiger partial charge in [0.2, 0.25) is 0 Å². The van der Waals surface area contributed by atoms with Crippen LogP contribution in [-0.4, -0.2) is 5.60 Å². The smallest absolute Gasteiger partial charge is 0.0724 e. The fraction of sp³-hybridized carbons (Fsp3) is 0.538. The molecule has 0 heterocycles. The van der Waals surface area contributed by atoms with Crippen molar-refractivity contribution >= 4 is 0 Å². The highest BCUT2D eigenvalue weighted by molar-refractivity contribution is 5.13. The Balaban J connectivity index is 2.49. The predicted octanol–water partition coefficient (Wildman–Crippen LogP) is 3.64. The van der Waals surface area contributed by atoms with Gasteiger partial charge in [0, 0.05) is 0 Å². The summed E-state index contributed by atoms with van der Waals surface area (Å²) >= 11 is 0. The number of hydrogen-bond donors (Lipinski definition) is 0. The monoisotopic (exact) mass is 192 g/mol. The number of ether oxygens (including phenoxy) is 1. The highest BCUT2D eigenvalue weighted by atomic mass is 16.5. The molecule has 0 fully saturated rings. The summed E-state index contributed by atoms with van der Waals surface area (Å²) < 4.78 is 5.88. The Labute approximate surface area is 87.1 Å². The van der Waals surface area contributed by atoms with Crippen molar-refractivity contribution in [3.8, 4) is 0 Å². The fourth-order valence-corrected chi connectivity index (χ4v) is 1.01. The molecule has 1 rings (SSSR count). The van der Waals surface area contributed by atoms with Gasteiger partial charge in [-0.25, -0.2) is 0 Å². The van der Waals surface area contributed by atoms with Crippen molar-refractivity contribution in [2.75, 3.05) is 0 Å². The molecule has 0 unspecified atom stereocenters. The van der Waals surface area contributed by atoms with E-state index in [2.05, 4.69) is 39.8 Å². The van der Waals surface area contributed by atoms with E-state index in [-0.39, 0.29) is 5.60 Å². The third-order valence-corrected chi connectivity index (χ3v) is 2.84. The van der Waals surface area contributed by atoms with Crippen LogP contribution >= 0.6 is 0 Å². The third kappa shape index (κ3) is 3.15. The number of rotatable bonds is 4. The van der Waals surface area contributed by atoms with Gasteiger partial charge in [-0.05, 0) is 25.3 Å². The average Bonchev–Trinajstić information content (AvgIpc) is 2.16. The van der Waals surface area contributed by atoms with Gasteiger partial charge in [0.1, 0.15) is 0 Å². The van der Waals surface area contributed by atoms with Crippen LogP contribution < -0.4 is 0 Å². The van der Waals surface area contributed by atoms with Gasteiger partial charge in [-0.1, -0.05) is 44.2 Å². The maximum absolute atomic E-state index is 5.88. The van der Waals surface area contributed by atoms with Crippen LogP contribution in [0.15, 0.2) is 30.3 Å². The number of benzene rings is 1. The van der Waals surface area contributed by atoms with E-state index in [4.69, 9.17) is 4.74 Å². The topological polar surface area (TPSA) is 9.23 Å². The lowest BCUT2D eigenvalue weighted by atomic mass is 9.95. The first kappa shape index (κ1) is 11.3. The van der Waals surface area contributed by atoms with Gasteiger partial charge in [-0.2, -0.15) is 0 Å². The lowest BCUT2D eigenvalue weighted by Gasteiger charge is -2.29. The van der Waals surface area contributed by atoms with E-state index < -0.39 is 0 Å². The first-order valence-electron chi connectivity index (χ1n) is 5.20. The normalized spacial score (nSPS) is 12.1. The molecule has 0 atom stereocenters. The molecule has 78 valence electrons. The molecule has 0 saturated carbocycles. The molecule has 1 aromatic carbocycles. The molecule has 0 radical (unpaired) electrons. The molecule has 0 aromatic heterocycles. The first-order valence-corrected chi connectivity index (χ1v) is 5.20. The van der Waals surface area contributed by atoms with E-state index in [0.717, 1.165) is 0 Å². The first-order chi connectivity index (χ1) is 6.52. The lowest BCUT2D eigenvalue weighted by molar-refractivity contribution is -0.0609. The highest BCUT2D eigenvalue weighted by Crippen LogP contribution is 2.21. The molecule has 0 bridgehead atoms. The molecule has 0 saturated heterocycles. The van der Waals surface area contributed by atoms with Crippen molar-refractivity contribution in [2.24, 2.45) is 5.92 Å². The van der Waals surface area contributed by atoms with Crippen LogP contribution in [0.1, 0.15) is 33.3 Å². The minimum Gasteiger partial charge on any atom is -0.371 e. The maximum Gasteiger partial charge on any atom is 0.0724 e. The largest absolute Gasteiger partial charge is 0.371 e. The Morgan fingerprint density at radius 2 is 1.71 bits per heavy atom. The third-order valence-electron chi connectivity index (χ3n) is 2.84. The highest BCUT2D eigenvalue weighted by Gasteiger charge is 2.22. The average molecular weight is 192 g/mol. The SMILES string of the molecule is CC(C)C(C)(C)OCc1ccccc1. The van der Waals surface area contributed by atoms with Crippen LogP contribution in [0.3, 0.4) is 0 Å². The molecular formula is C13H20O. The Morgan fingerprint density at radius 3 is 2.21 bits per heavy atom. The van der Waals surface area contributed by atoms with Gasteiger partial charge in [0.25, 0.3) is 0 Å². The summed E-state index contributed by atoms with van der Waals surface area (Å²) in [6.45, 7) is 9.35. The summed E-state index contributed by atoms with van der Waals surface area (Å²) in [6.07, 6.45) is 0. The second-order valence-electron chi connectivity index (χ2n) is 4.53. The summed E-state index contributed by atoms with van der Waals surface area (Å²) in [7, 11) is 0. The van der Waals surface area contributed by atoms with Gasteiger partial charge in [0.15, 0.2) is 0 Å². The Bertz CT molecular complexity index is 262. The van der Waals surface area contributed by atoms with Crippen molar-refractivity contribution in [2.45, 2.75) is 39.9 Å². The Hall–Kier alpha value is -0.820. The van der Waals surface area contributed by atoms with Gasteiger partial charge < -0.3 is 4.74 Å². The minimum absolute atomic E-state index is 0.0458. The minimum atomic E-state index is -0.0458. The standard InChI is InChI=1S/C13H20O/c1-11(2)13(3,4)14-10-12-8-6-5-7-9-12/h5-9,11H,10H2,1-4H3. The van der Waals surface area contributed by atoms with Gasteiger partial charge >= 0.3 is 0 Å². The number of hydrogen-bond acceptors (Lipinski definition) is 1. The van der Waals surface area contributed by atoms with E-state index in [1.54, 1.807) is 0 Å². The van der Waals surface area contributed by atoms with Crippen molar-refractivity contribution in [3.63, 3.8) is 0 Å². The molecule has 0 amide bonds. The second kappa shape index (κ2) is 4.61. The molecule has 0 aliphatic carbocycles. The van der Waals surface area contributed by atoms with Gasteiger partial charge in [0.05, 0.1) is 12.2 Å². The molecule has 0 aliphatic rings. The molecule has 14 heavy (non-hydrogen) atoms. The summed E-state index contributed by atoms with van der Waals surface area (Å²) in [6, 6.07) is 10.3. The zero-order chi connectivity index (χ0) is 10.6. The van der Waals surface area contributed by atoms with Crippen LogP contribution in [0.4, 0.5) is 0 Å². The molecule has 1 nitrogen and oxygen atoms in total. The quantitative estimate of drug-likeness (QED) is 0.707. The maximum atomic E-state index is 5.88.